The molecule has 0 N–H and O–H groups in total. The third-order valence-electron chi connectivity index (χ3n) is 2.45. The van der Waals surface area contributed by atoms with Gasteiger partial charge in [-0.1, -0.05) is 6.07 Å². The van der Waals surface area contributed by atoms with Gasteiger partial charge in [-0.05, 0) is 24.4 Å². The van der Waals surface area contributed by atoms with Gasteiger partial charge in [0.05, 0.1) is 22.4 Å². The number of hydroxylamine groups is 1. The van der Waals surface area contributed by atoms with Crippen molar-refractivity contribution in [2.45, 2.75) is 6.92 Å². The molecule has 0 aliphatic carbocycles. The van der Waals surface area contributed by atoms with Gasteiger partial charge in [-0.25, -0.2) is 0 Å². The molecule has 0 saturated heterocycles. The Morgan fingerprint density at radius 3 is 2.76 bits per heavy atom. The smallest absolute Gasteiger partial charge is 0.294 e. The van der Waals surface area contributed by atoms with Crippen LogP contribution in [-0.4, -0.2) is 15.9 Å². The number of rotatable bonds is 3. The molecule has 0 atom stereocenters. The Morgan fingerprint density at radius 2 is 2.19 bits per heavy atom. The molecule has 0 saturated carbocycles. The number of hydrogen-bond donors (Lipinski definition) is 0. The molecule has 7 nitrogen and oxygen atoms in total. The van der Waals surface area contributed by atoms with Crippen LogP contribution in [0.5, 0.6) is 0 Å². The molecule has 21 heavy (non-hydrogen) atoms. The molecule has 1 aromatic heterocycles. The van der Waals surface area contributed by atoms with Crippen molar-refractivity contribution in [3.63, 3.8) is 0 Å². The van der Waals surface area contributed by atoms with Crippen LogP contribution in [0.4, 0.5) is 11.4 Å². The first-order valence-corrected chi connectivity index (χ1v) is 6.19. The minimum Gasteiger partial charge on any atom is -0.472 e. The fraction of sp³-hybridized carbons (Fsp3) is 0.0769. The summed E-state index contributed by atoms with van der Waals surface area (Å²) < 4.78 is 4.84. The summed E-state index contributed by atoms with van der Waals surface area (Å²) in [5.41, 5.74) is 0.264. The molecule has 0 unspecified atom stereocenters. The van der Waals surface area contributed by atoms with Crippen LogP contribution in [-0.2, 0) is 4.84 Å². The maximum absolute atomic E-state index is 12.3. The Kier molecular flexibility index (Phi) is 4.29. The van der Waals surface area contributed by atoms with E-state index in [0.29, 0.717) is 0 Å². The van der Waals surface area contributed by atoms with Crippen LogP contribution in [0, 0.1) is 10.1 Å². The molecule has 2 aromatic rings. The van der Waals surface area contributed by atoms with Gasteiger partial charge >= 0.3 is 0 Å². The Bertz CT molecular complexity index is 684. The predicted octanol–water partition coefficient (Wildman–Crippen LogP) is 3.11. The van der Waals surface area contributed by atoms with E-state index in [1.54, 1.807) is 0 Å². The zero-order valence-electron chi connectivity index (χ0n) is 10.9. The Balaban J connectivity index is 2.40. The van der Waals surface area contributed by atoms with Gasteiger partial charge in [0.15, 0.2) is 5.05 Å². The number of thiocarbonyl (C=S) groups is 1. The molecular formula is C13H10N2O5S. The summed E-state index contributed by atoms with van der Waals surface area (Å²) in [5, 5.41) is 11.8. The molecule has 0 aliphatic heterocycles. The normalized spacial score (nSPS) is 9.95. The molecule has 1 amide bonds. The summed E-state index contributed by atoms with van der Waals surface area (Å²) in [6, 6.07) is 6.94. The van der Waals surface area contributed by atoms with Gasteiger partial charge in [-0.2, -0.15) is 0 Å². The second-order valence-electron chi connectivity index (χ2n) is 3.97. The average molecular weight is 306 g/mol. The first-order valence-electron chi connectivity index (χ1n) is 5.78. The topological polar surface area (TPSA) is 85.8 Å². The Morgan fingerprint density at radius 1 is 1.43 bits per heavy atom. The van der Waals surface area contributed by atoms with E-state index < -0.39 is 10.8 Å². The SMILES string of the molecule is CC(=S)ON(C(=O)c1ccoc1)c1cccc([N+](=O)[O-])c1. The number of furan rings is 1. The maximum atomic E-state index is 12.3. The largest absolute Gasteiger partial charge is 0.472 e. The van der Waals surface area contributed by atoms with Crippen molar-refractivity contribution in [3.05, 3.63) is 58.5 Å². The number of carbonyl (C=O) groups excluding carboxylic acids is 1. The quantitative estimate of drug-likeness (QED) is 0.492. The zero-order valence-corrected chi connectivity index (χ0v) is 11.7. The van der Waals surface area contributed by atoms with Gasteiger partial charge in [0.1, 0.15) is 6.26 Å². The zero-order chi connectivity index (χ0) is 15.4. The van der Waals surface area contributed by atoms with E-state index in [4.69, 9.17) is 21.5 Å². The van der Waals surface area contributed by atoms with E-state index in [1.807, 2.05) is 0 Å². The fourth-order valence-corrected chi connectivity index (χ4v) is 1.65. The highest BCUT2D eigenvalue weighted by Gasteiger charge is 2.23. The van der Waals surface area contributed by atoms with E-state index in [0.717, 1.165) is 5.06 Å². The average Bonchev–Trinajstić information content (AvgIpc) is 2.98. The molecule has 2 rings (SSSR count). The lowest BCUT2D eigenvalue weighted by molar-refractivity contribution is -0.384. The van der Waals surface area contributed by atoms with Crippen molar-refractivity contribution >= 4 is 34.6 Å². The number of carbonyl (C=O) groups is 1. The first-order chi connectivity index (χ1) is 9.99. The molecule has 0 fully saturated rings. The molecular weight excluding hydrogens is 296 g/mol. The van der Waals surface area contributed by atoms with Crippen LogP contribution in [0.25, 0.3) is 0 Å². The van der Waals surface area contributed by atoms with E-state index in [9.17, 15) is 14.9 Å². The first kappa shape index (κ1) is 14.7. The Labute approximate surface area is 124 Å². The summed E-state index contributed by atoms with van der Waals surface area (Å²) >= 11 is 4.83. The van der Waals surface area contributed by atoms with Gasteiger partial charge in [0.2, 0.25) is 0 Å². The number of nitro groups is 1. The molecule has 108 valence electrons. The molecule has 0 radical (unpaired) electrons. The third kappa shape index (κ3) is 3.42. The molecule has 1 heterocycles. The summed E-state index contributed by atoms with van der Waals surface area (Å²) in [7, 11) is 0. The van der Waals surface area contributed by atoms with Gasteiger partial charge in [-0.15, -0.1) is 5.06 Å². The summed E-state index contributed by atoms with van der Waals surface area (Å²) in [5.74, 6) is -0.548. The van der Waals surface area contributed by atoms with Crippen molar-refractivity contribution in [3.8, 4) is 0 Å². The monoisotopic (exact) mass is 306 g/mol. The molecule has 0 bridgehead atoms. The lowest BCUT2D eigenvalue weighted by atomic mass is 10.2. The second kappa shape index (κ2) is 6.14. The van der Waals surface area contributed by atoms with Crippen LogP contribution in [0.15, 0.2) is 47.3 Å². The summed E-state index contributed by atoms with van der Waals surface area (Å²) in [6.45, 7) is 1.49. The lowest BCUT2D eigenvalue weighted by Crippen LogP contribution is -2.32. The number of amides is 1. The lowest BCUT2D eigenvalue weighted by Gasteiger charge is -2.20. The van der Waals surface area contributed by atoms with Crippen molar-refractivity contribution in [1.29, 1.82) is 0 Å². The number of nitro benzene ring substituents is 1. The highest BCUT2D eigenvalue weighted by Crippen LogP contribution is 2.23. The van der Waals surface area contributed by atoms with E-state index in [1.165, 1.54) is 49.8 Å². The van der Waals surface area contributed by atoms with E-state index in [2.05, 4.69) is 0 Å². The predicted molar refractivity (Wildman–Crippen MR) is 78.0 cm³/mol. The van der Waals surface area contributed by atoms with Crippen LogP contribution >= 0.6 is 12.2 Å². The van der Waals surface area contributed by atoms with Gasteiger partial charge < -0.3 is 9.25 Å². The van der Waals surface area contributed by atoms with Gasteiger partial charge in [0, 0.05) is 19.1 Å². The van der Waals surface area contributed by atoms with Crippen LogP contribution in [0.3, 0.4) is 0 Å². The van der Waals surface area contributed by atoms with Crippen LogP contribution in [0.1, 0.15) is 17.3 Å². The Hall–Kier alpha value is -2.74. The minimum atomic E-state index is -0.561. The molecule has 8 heteroatoms. The summed E-state index contributed by atoms with van der Waals surface area (Å²) in [6.07, 6.45) is 2.58. The van der Waals surface area contributed by atoms with Crippen LogP contribution < -0.4 is 5.06 Å². The minimum absolute atomic E-state index is 0.0957. The molecule has 0 spiro atoms. The summed E-state index contributed by atoms with van der Waals surface area (Å²) in [4.78, 5) is 27.8. The van der Waals surface area contributed by atoms with Crippen molar-refractivity contribution in [1.82, 2.24) is 0 Å². The number of non-ortho nitro benzene ring substituents is 1. The molecule has 0 aliphatic rings. The van der Waals surface area contributed by atoms with Crippen molar-refractivity contribution in [2.75, 3.05) is 5.06 Å². The van der Waals surface area contributed by atoms with Crippen molar-refractivity contribution < 1.29 is 19.0 Å². The third-order valence-corrected chi connectivity index (χ3v) is 2.52. The van der Waals surface area contributed by atoms with Gasteiger partial charge in [-0.3, -0.25) is 14.9 Å². The van der Waals surface area contributed by atoms with Crippen LogP contribution in [0.2, 0.25) is 0 Å². The van der Waals surface area contributed by atoms with E-state index in [-0.39, 0.29) is 22.0 Å². The number of hydrogen-bond acceptors (Lipinski definition) is 6. The van der Waals surface area contributed by atoms with Crippen molar-refractivity contribution in [2.24, 2.45) is 0 Å². The number of benzene rings is 1. The maximum Gasteiger partial charge on any atom is 0.294 e. The highest BCUT2D eigenvalue weighted by atomic mass is 32.1. The fourth-order valence-electron chi connectivity index (χ4n) is 1.58. The van der Waals surface area contributed by atoms with E-state index >= 15 is 0 Å². The second-order valence-corrected chi connectivity index (χ2v) is 4.55. The molecule has 1 aromatic carbocycles. The number of anilines is 1. The highest BCUT2D eigenvalue weighted by molar-refractivity contribution is 7.80. The van der Waals surface area contributed by atoms with Gasteiger partial charge in [0.25, 0.3) is 11.6 Å². The standard InChI is InChI=1S/C13H10N2O5S/c1-9(21)20-14(13(16)10-5-6-19-8-10)11-3-2-4-12(7-11)15(17)18/h2-8H,1H3. The number of nitrogens with zero attached hydrogens (tertiary/aromatic N) is 2.